The fourth-order valence-electron chi connectivity index (χ4n) is 4.66. The lowest BCUT2D eigenvalue weighted by Gasteiger charge is -2.25. The van der Waals surface area contributed by atoms with E-state index in [1.807, 2.05) is 50.2 Å². The van der Waals surface area contributed by atoms with Gasteiger partial charge in [-0.2, -0.15) is 0 Å². The molecule has 3 aromatic carbocycles. The van der Waals surface area contributed by atoms with E-state index in [2.05, 4.69) is 0 Å². The zero-order chi connectivity index (χ0) is 28.1. The Morgan fingerprint density at radius 2 is 1.77 bits per heavy atom. The second-order valence-corrected chi connectivity index (χ2v) is 9.80. The molecular weight excluding hydrogens is 498 g/mol. The van der Waals surface area contributed by atoms with Crippen LogP contribution >= 0.6 is 0 Å². The van der Waals surface area contributed by atoms with E-state index in [0.29, 0.717) is 36.4 Å². The van der Waals surface area contributed by atoms with E-state index in [1.54, 1.807) is 30.3 Å². The standard InChI is InChI=1S/C30H31N3O6/c1-20-7-4-8-21(17-20)19-39-25-13-11-22(12-14-25)28(34)26-27(23-9-5-10-24(18-23)33(37)38)32(30(36)29(26)35)16-6-15-31(2)3/h4-5,7-14,17-18,27,34H,6,15-16,19H2,1-3H3/b28-26+/t27-/m1/s1. The Morgan fingerprint density at radius 3 is 2.44 bits per heavy atom. The van der Waals surface area contributed by atoms with Crippen molar-refractivity contribution in [3.05, 3.63) is 111 Å². The molecule has 39 heavy (non-hydrogen) atoms. The molecule has 0 spiro atoms. The molecule has 1 saturated heterocycles. The summed E-state index contributed by atoms with van der Waals surface area (Å²) in [6.45, 7) is 3.30. The summed E-state index contributed by atoms with van der Waals surface area (Å²) in [5.41, 5.74) is 2.61. The van der Waals surface area contributed by atoms with Crippen LogP contribution in [-0.2, 0) is 16.2 Å². The minimum Gasteiger partial charge on any atom is -0.507 e. The van der Waals surface area contributed by atoms with E-state index in [0.717, 1.165) is 11.1 Å². The molecule has 0 aromatic heterocycles. The number of benzene rings is 3. The van der Waals surface area contributed by atoms with Crippen molar-refractivity contribution in [1.82, 2.24) is 9.80 Å². The summed E-state index contributed by atoms with van der Waals surface area (Å²) in [6.07, 6.45) is 0.582. The number of rotatable bonds is 10. The molecule has 0 bridgehead atoms. The van der Waals surface area contributed by atoms with Crippen molar-refractivity contribution in [1.29, 1.82) is 0 Å². The number of nitro groups is 1. The molecule has 0 aliphatic carbocycles. The van der Waals surface area contributed by atoms with Gasteiger partial charge in [0.1, 0.15) is 18.1 Å². The summed E-state index contributed by atoms with van der Waals surface area (Å²) in [5.74, 6) is -1.34. The van der Waals surface area contributed by atoms with Crippen molar-refractivity contribution in [2.45, 2.75) is 26.0 Å². The predicted octanol–water partition coefficient (Wildman–Crippen LogP) is 4.86. The van der Waals surface area contributed by atoms with Gasteiger partial charge in [-0.25, -0.2) is 0 Å². The number of hydrogen-bond acceptors (Lipinski definition) is 7. The second-order valence-electron chi connectivity index (χ2n) is 9.80. The third-order valence-corrected chi connectivity index (χ3v) is 6.56. The molecule has 0 saturated carbocycles. The lowest BCUT2D eigenvalue weighted by Crippen LogP contribution is -2.32. The second kappa shape index (κ2) is 11.9. The molecule has 0 unspecified atom stereocenters. The third-order valence-electron chi connectivity index (χ3n) is 6.56. The van der Waals surface area contributed by atoms with Gasteiger partial charge in [0.25, 0.3) is 17.4 Å². The zero-order valence-electron chi connectivity index (χ0n) is 22.2. The van der Waals surface area contributed by atoms with E-state index in [-0.39, 0.29) is 23.6 Å². The predicted molar refractivity (Wildman–Crippen MR) is 147 cm³/mol. The first-order chi connectivity index (χ1) is 18.7. The Balaban J connectivity index is 1.66. The van der Waals surface area contributed by atoms with E-state index < -0.39 is 22.7 Å². The van der Waals surface area contributed by atoms with E-state index in [1.165, 1.54) is 23.1 Å². The molecule has 3 aromatic rings. The van der Waals surface area contributed by atoms with Crippen LogP contribution in [0.15, 0.2) is 78.4 Å². The Morgan fingerprint density at radius 1 is 1.05 bits per heavy atom. The average molecular weight is 530 g/mol. The van der Waals surface area contributed by atoms with Crippen molar-refractivity contribution in [3.8, 4) is 5.75 Å². The van der Waals surface area contributed by atoms with Gasteiger partial charge in [-0.05, 0) is 69.4 Å². The fraction of sp³-hybridized carbons (Fsp3) is 0.267. The maximum absolute atomic E-state index is 13.2. The van der Waals surface area contributed by atoms with E-state index >= 15 is 0 Å². The van der Waals surface area contributed by atoms with Crippen molar-refractivity contribution in [2.75, 3.05) is 27.2 Å². The van der Waals surface area contributed by atoms with Crippen LogP contribution in [0.4, 0.5) is 5.69 Å². The molecule has 1 atom stereocenters. The number of non-ortho nitro benzene ring substituents is 1. The SMILES string of the molecule is Cc1cccc(COc2ccc(/C(O)=C3\C(=O)C(=O)N(CCCN(C)C)[C@@H]3c3cccc([N+](=O)[O-])c3)cc2)c1. The van der Waals surface area contributed by atoms with Gasteiger partial charge in [0.2, 0.25) is 0 Å². The van der Waals surface area contributed by atoms with Crippen LogP contribution in [0.3, 0.4) is 0 Å². The quantitative estimate of drug-likeness (QED) is 0.131. The number of aliphatic hydroxyl groups is 1. The minimum atomic E-state index is -0.954. The zero-order valence-corrected chi connectivity index (χ0v) is 22.2. The smallest absolute Gasteiger partial charge is 0.295 e. The summed E-state index contributed by atoms with van der Waals surface area (Å²) in [6, 6.07) is 19.4. The maximum Gasteiger partial charge on any atom is 0.295 e. The highest BCUT2D eigenvalue weighted by Gasteiger charge is 2.46. The number of amides is 1. The monoisotopic (exact) mass is 529 g/mol. The molecule has 1 heterocycles. The Hall–Kier alpha value is -4.50. The van der Waals surface area contributed by atoms with Crippen LogP contribution in [0.5, 0.6) is 5.75 Å². The van der Waals surface area contributed by atoms with Gasteiger partial charge in [0.15, 0.2) is 0 Å². The highest BCUT2D eigenvalue weighted by Crippen LogP contribution is 2.40. The van der Waals surface area contributed by atoms with Gasteiger partial charge in [-0.15, -0.1) is 0 Å². The van der Waals surface area contributed by atoms with Gasteiger partial charge in [0.05, 0.1) is 16.5 Å². The van der Waals surface area contributed by atoms with Crippen molar-refractivity contribution < 1.29 is 24.4 Å². The summed E-state index contributed by atoms with van der Waals surface area (Å²) < 4.78 is 5.86. The highest BCUT2D eigenvalue weighted by atomic mass is 16.6. The molecule has 0 radical (unpaired) electrons. The lowest BCUT2D eigenvalue weighted by atomic mass is 9.95. The van der Waals surface area contributed by atoms with Gasteiger partial charge in [-0.3, -0.25) is 19.7 Å². The van der Waals surface area contributed by atoms with Crippen LogP contribution in [0.1, 0.15) is 34.7 Å². The normalized spacial score (nSPS) is 16.6. The number of hydrogen-bond donors (Lipinski definition) is 1. The van der Waals surface area contributed by atoms with Gasteiger partial charge in [0, 0.05) is 24.2 Å². The average Bonchev–Trinajstić information content (AvgIpc) is 3.17. The number of carbonyl (C=O) groups excluding carboxylic acids is 2. The molecule has 1 aliphatic rings. The highest BCUT2D eigenvalue weighted by molar-refractivity contribution is 6.46. The number of ether oxygens (including phenoxy) is 1. The first-order valence-electron chi connectivity index (χ1n) is 12.6. The first-order valence-corrected chi connectivity index (χ1v) is 12.6. The molecule has 1 amide bonds. The maximum atomic E-state index is 13.2. The van der Waals surface area contributed by atoms with Crippen LogP contribution < -0.4 is 4.74 Å². The van der Waals surface area contributed by atoms with E-state index in [4.69, 9.17) is 4.74 Å². The number of carbonyl (C=O) groups is 2. The van der Waals surface area contributed by atoms with Crippen LogP contribution in [-0.4, -0.2) is 58.7 Å². The molecular formula is C30H31N3O6. The van der Waals surface area contributed by atoms with Crippen LogP contribution in [0, 0.1) is 17.0 Å². The fourth-order valence-corrected chi connectivity index (χ4v) is 4.66. The Labute approximate surface area is 227 Å². The molecule has 1 N–H and O–H groups in total. The summed E-state index contributed by atoms with van der Waals surface area (Å²) in [4.78, 5) is 40.5. The summed E-state index contributed by atoms with van der Waals surface area (Å²) in [7, 11) is 3.81. The number of nitrogens with zero attached hydrogens (tertiary/aromatic N) is 3. The first kappa shape index (κ1) is 27.5. The molecule has 202 valence electrons. The van der Waals surface area contributed by atoms with Crippen molar-refractivity contribution in [3.63, 3.8) is 0 Å². The number of nitro benzene ring substituents is 1. The number of aryl methyl sites for hydroxylation is 1. The van der Waals surface area contributed by atoms with Gasteiger partial charge in [-0.1, -0.05) is 42.0 Å². The lowest BCUT2D eigenvalue weighted by molar-refractivity contribution is -0.384. The number of aliphatic hydroxyl groups excluding tert-OH is 1. The largest absolute Gasteiger partial charge is 0.507 e. The van der Waals surface area contributed by atoms with Crippen LogP contribution in [0.25, 0.3) is 5.76 Å². The van der Waals surface area contributed by atoms with Gasteiger partial charge < -0.3 is 19.6 Å². The molecule has 4 rings (SSSR count). The number of Topliss-reactive ketones (excluding diaryl/α,β-unsaturated/α-hetero) is 1. The number of likely N-dealkylation sites (tertiary alicyclic amines) is 1. The van der Waals surface area contributed by atoms with Crippen LogP contribution in [0.2, 0.25) is 0 Å². The third kappa shape index (κ3) is 6.32. The topological polar surface area (TPSA) is 113 Å². The summed E-state index contributed by atoms with van der Waals surface area (Å²) in [5, 5.41) is 22.7. The molecule has 1 fully saturated rings. The van der Waals surface area contributed by atoms with Crippen molar-refractivity contribution in [2.24, 2.45) is 0 Å². The van der Waals surface area contributed by atoms with Gasteiger partial charge >= 0.3 is 0 Å². The summed E-state index contributed by atoms with van der Waals surface area (Å²) >= 11 is 0. The number of ketones is 1. The van der Waals surface area contributed by atoms with Crippen molar-refractivity contribution >= 4 is 23.1 Å². The van der Waals surface area contributed by atoms with E-state index in [9.17, 15) is 24.8 Å². The molecule has 1 aliphatic heterocycles. The molecule has 9 nitrogen and oxygen atoms in total. The minimum absolute atomic E-state index is 0.0984. The molecule has 9 heteroatoms. The Kier molecular flexibility index (Phi) is 8.41. The Bertz CT molecular complexity index is 1410.